The molecule has 4 rings (SSSR count). The minimum Gasteiger partial charge on any atom is -0.493 e. The maximum Gasteiger partial charge on any atom is 0.292 e. The lowest BCUT2D eigenvalue weighted by molar-refractivity contribution is 0.0949. The van der Waals surface area contributed by atoms with E-state index in [0.29, 0.717) is 40.1 Å². The van der Waals surface area contributed by atoms with Crippen LogP contribution in [0.5, 0.6) is 17.2 Å². The number of nitrogens with zero attached hydrogens (tertiary/aromatic N) is 3. The van der Waals surface area contributed by atoms with Crippen LogP contribution in [0, 0.1) is 0 Å². The fourth-order valence-corrected chi connectivity index (χ4v) is 3.06. The van der Waals surface area contributed by atoms with Crippen LogP contribution in [0.3, 0.4) is 0 Å². The molecule has 0 spiro atoms. The third-order valence-electron chi connectivity index (χ3n) is 4.44. The molecule has 9 nitrogen and oxygen atoms in total. The number of aromatic nitrogens is 2. The molecule has 0 saturated heterocycles. The van der Waals surface area contributed by atoms with Crippen molar-refractivity contribution in [1.29, 1.82) is 0 Å². The number of carbonyl (C=O) groups is 1. The van der Waals surface area contributed by atoms with E-state index < -0.39 is 5.91 Å². The zero-order valence-electron chi connectivity index (χ0n) is 15.8. The lowest BCUT2D eigenvalue weighted by atomic mass is 10.1. The molecule has 3 aromatic rings. The van der Waals surface area contributed by atoms with Gasteiger partial charge < -0.3 is 14.2 Å². The Bertz CT molecular complexity index is 1190. The van der Waals surface area contributed by atoms with Gasteiger partial charge in [0.2, 0.25) is 12.5 Å². The van der Waals surface area contributed by atoms with E-state index in [-0.39, 0.29) is 18.0 Å². The average Bonchev–Trinajstić information content (AvgIpc) is 3.22. The van der Waals surface area contributed by atoms with E-state index in [9.17, 15) is 9.59 Å². The van der Waals surface area contributed by atoms with Gasteiger partial charge >= 0.3 is 0 Å². The fraction of sp³-hybridized carbons (Fsp3) is 0.200. The lowest BCUT2D eigenvalue weighted by Crippen LogP contribution is -2.28. The second-order valence-corrected chi connectivity index (χ2v) is 6.17. The highest BCUT2D eigenvalue weighted by atomic mass is 16.7. The lowest BCUT2D eigenvalue weighted by Gasteiger charge is -2.08. The number of amides is 1. The summed E-state index contributed by atoms with van der Waals surface area (Å²) in [6.07, 6.45) is 1.46. The van der Waals surface area contributed by atoms with E-state index in [4.69, 9.17) is 14.2 Å². The van der Waals surface area contributed by atoms with E-state index in [0.717, 1.165) is 0 Å². The van der Waals surface area contributed by atoms with Crippen LogP contribution >= 0.6 is 0 Å². The number of fused-ring (bicyclic) bond motifs is 2. The molecular formula is C20H18N4O5. The summed E-state index contributed by atoms with van der Waals surface area (Å²) in [7, 11) is 1.53. The van der Waals surface area contributed by atoms with E-state index >= 15 is 0 Å². The molecule has 9 heteroatoms. The van der Waals surface area contributed by atoms with E-state index in [2.05, 4.69) is 15.6 Å². The molecule has 0 fully saturated rings. The third kappa shape index (κ3) is 3.38. The van der Waals surface area contributed by atoms with Crippen LogP contribution in [-0.4, -0.2) is 35.8 Å². The molecule has 0 radical (unpaired) electrons. The van der Waals surface area contributed by atoms with E-state index in [1.54, 1.807) is 43.3 Å². The zero-order valence-corrected chi connectivity index (χ0v) is 15.8. The molecule has 1 N–H and O–H groups in total. The Morgan fingerprint density at radius 1 is 1.31 bits per heavy atom. The minimum atomic E-state index is -0.521. The summed E-state index contributed by atoms with van der Waals surface area (Å²) in [5.41, 5.74) is 3.00. The van der Waals surface area contributed by atoms with Crippen molar-refractivity contribution in [3.05, 3.63) is 58.0 Å². The Labute approximate surface area is 165 Å². The molecule has 148 valence electrons. The van der Waals surface area contributed by atoms with Gasteiger partial charge in [0.1, 0.15) is 0 Å². The second kappa shape index (κ2) is 7.63. The number of benzene rings is 2. The summed E-state index contributed by atoms with van der Waals surface area (Å²) >= 11 is 0. The molecule has 29 heavy (non-hydrogen) atoms. The first kappa shape index (κ1) is 18.5. The molecule has 2 heterocycles. The normalized spacial score (nSPS) is 12.5. The Kier molecular flexibility index (Phi) is 4.86. The van der Waals surface area contributed by atoms with Crippen LogP contribution in [0.4, 0.5) is 0 Å². The molecule has 1 aromatic heterocycles. The largest absolute Gasteiger partial charge is 0.493 e. The maximum atomic E-state index is 12.7. The number of methoxy groups -OCH3 is 1. The van der Waals surface area contributed by atoms with Crippen molar-refractivity contribution in [3.63, 3.8) is 0 Å². The molecule has 2 aromatic carbocycles. The van der Waals surface area contributed by atoms with Gasteiger partial charge in [-0.05, 0) is 25.1 Å². The Balaban J connectivity index is 1.61. The van der Waals surface area contributed by atoms with E-state index in [1.165, 1.54) is 18.0 Å². The van der Waals surface area contributed by atoms with Crippen LogP contribution in [0.2, 0.25) is 0 Å². The van der Waals surface area contributed by atoms with Crippen LogP contribution in [0.25, 0.3) is 10.8 Å². The van der Waals surface area contributed by atoms with Crippen molar-refractivity contribution in [3.8, 4) is 17.2 Å². The number of hydrogen-bond donors (Lipinski definition) is 1. The highest BCUT2D eigenvalue weighted by Crippen LogP contribution is 2.41. The van der Waals surface area contributed by atoms with Gasteiger partial charge in [-0.2, -0.15) is 10.2 Å². The van der Waals surface area contributed by atoms with Gasteiger partial charge in [-0.25, -0.2) is 10.1 Å². The highest BCUT2D eigenvalue weighted by molar-refractivity contribution is 6.05. The van der Waals surface area contributed by atoms with Crippen LogP contribution in [0.1, 0.15) is 23.0 Å². The van der Waals surface area contributed by atoms with Crippen LogP contribution in [-0.2, 0) is 6.54 Å². The van der Waals surface area contributed by atoms with E-state index in [1.807, 2.05) is 0 Å². The van der Waals surface area contributed by atoms with Crippen molar-refractivity contribution < 1.29 is 19.0 Å². The van der Waals surface area contributed by atoms with Gasteiger partial charge in [0.05, 0.1) is 18.7 Å². The molecule has 0 unspecified atom stereocenters. The molecule has 1 aliphatic rings. The summed E-state index contributed by atoms with van der Waals surface area (Å²) < 4.78 is 17.3. The number of hydrogen-bond acceptors (Lipinski definition) is 7. The van der Waals surface area contributed by atoms with Gasteiger partial charge in [0, 0.05) is 17.5 Å². The van der Waals surface area contributed by atoms with Gasteiger partial charge in [0.25, 0.3) is 11.5 Å². The zero-order chi connectivity index (χ0) is 20.4. The Morgan fingerprint density at radius 3 is 2.86 bits per heavy atom. The summed E-state index contributed by atoms with van der Waals surface area (Å²) in [5, 5.41) is 9.08. The molecule has 1 aliphatic heterocycles. The highest BCUT2D eigenvalue weighted by Gasteiger charge is 2.20. The maximum absolute atomic E-state index is 12.7. The number of rotatable bonds is 5. The van der Waals surface area contributed by atoms with Crippen molar-refractivity contribution in [1.82, 2.24) is 15.2 Å². The van der Waals surface area contributed by atoms with Gasteiger partial charge in [-0.1, -0.05) is 18.2 Å². The summed E-state index contributed by atoms with van der Waals surface area (Å²) in [6, 6.07) is 10.3. The summed E-state index contributed by atoms with van der Waals surface area (Å²) in [6.45, 7) is 2.26. The predicted octanol–water partition coefficient (Wildman–Crippen LogP) is 1.92. The third-order valence-corrected chi connectivity index (χ3v) is 4.44. The van der Waals surface area contributed by atoms with Gasteiger partial charge in [-0.3, -0.25) is 9.59 Å². The fourth-order valence-electron chi connectivity index (χ4n) is 3.06. The van der Waals surface area contributed by atoms with Crippen molar-refractivity contribution >= 4 is 22.9 Å². The number of aryl methyl sites for hydroxylation is 1. The average molecular weight is 394 g/mol. The van der Waals surface area contributed by atoms with Gasteiger partial charge in [0.15, 0.2) is 17.2 Å². The Morgan fingerprint density at radius 2 is 2.10 bits per heavy atom. The molecule has 0 bridgehead atoms. The van der Waals surface area contributed by atoms with Crippen molar-refractivity contribution in [2.24, 2.45) is 5.10 Å². The molecule has 0 saturated carbocycles. The number of hydrazone groups is 1. The first-order valence-electron chi connectivity index (χ1n) is 8.93. The smallest absolute Gasteiger partial charge is 0.292 e. The predicted molar refractivity (Wildman–Crippen MR) is 106 cm³/mol. The van der Waals surface area contributed by atoms with Gasteiger partial charge in [-0.15, -0.1) is 0 Å². The molecule has 0 atom stereocenters. The van der Waals surface area contributed by atoms with Crippen LogP contribution < -0.4 is 25.2 Å². The molecule has 1 amide bonds. The summed E-state index contributed by atoms with van der Waals surface area (Å²) in [4.78, 5) is 25.1. The Hall–Kier alpha value is -3.88. The standard InChI is InChI=1S/C20H18N4O5/c1-3-24-20(26)14-7-5-4-6-13(14)17(23-24)19(25)22-21-10-12-8-15(27-2)18-16(9-12)28-11-29-18/h4-10H,3,11H2,1-2H3,(H,22,25). The number of carbonyl (C=O) groups excluding carboxylic acids is 1. The topological polar surface area (TPSA) is 104 Å². The summed E-state index contributed by atoms with van der Waals surface area (Å²) in [5.74, 6) is 1.06. The number of nitrogens with one attached hydrogen (secondary N) is 1. The second-order valence-electron chi connectivity index (χ2n) is 6.17. The molecule has 0 aliphatic carbocycles. The van der Waals surface area contributed by atoms with Crippen LogP contribution in [0.15, 0.2) is 46.3 Å². The minimum absolute atomic E-state index is 0.120. The van der Waals surface area contributed by atoms with Crippen molar-refractivity contribution in [2.75, 3.05) is 13.9 Å². The number of ether oxygens (including phenoxy) is 3. The first-order valence-corrected chi connectivity index (χ1v) is 8.93. The molecular weight excluding hydrogens is 376 g/mol. The monoisotopic (exact) mass is 394 g/mol. The SMILES string of the molecule is CCn1nc(C(=O)NN=Cc2cc(OC)c3c(c2)OCO3)c2ccccc2c1=O. The van der Waals surface area contributed by atoms with Crippen molar-refractivity contribution in [2.45, 2.75) is 13.5 Å². The first-order chi connectivity index (χ1) is 14.1. The quantitative estimate of drug-likeness (QED) is 0.524.